The van der Waals surface area contributed by atoms with E-state index in [4.69, 9.17) is 4.74 Å². The zero-order valence-electron chi connectivity index (χ0n) is 13.5. The fraction of sp³-hybridized carbons (Fsp3) is 0.588. The third-order valence-electron chi connectivity index (χ3n) is 3.39. The molecule has 1 aromatic rings. The fourth-order valence-electron chi connectivity index (χ4n) is 2.02. The second-order valence-corrected chi connectivity index (χ2v) is 6.56. The highest BCUT2D eigenvalue weighted by atomic mass is 16.6. The fourth-order valence-corrected chi connectivity index (χ4v) is 2.02. The molecule has 3 heteroatoms. The van der Waals surface area contributed by atoms with Gasteiger partial charge in [0.1, 0.15) is 5.60 Å². The number of hydrogen-bond donors (Lipinski definition) is 1. The number of nitrogens with one attached hydrogen (secondary N) is 1. The molecule has 0 aliphatic heterocycles. The van der Waals surface area contributed by atoms with Crippen LogP contribution in [0.5, 0.6) is 0 Å². The van der Waals surface area contributed by atoms with Crippen LogP contribution >= 0.6 is 0 Å². The van der Waals surface area contributed by atoms with Crippen molar-refractivity contribution < 1.29 is 9.53 Å². The predicted octanol–water partition coefficient (Wildman–Crippen LogP) is 4.26. The standard InChI is InChI=1S/C17H27NO2/c1-12-8-7-9-15(10-12)14(3)13(2)11-18-16(19)20-17(4,5)6/h7-10,13-14H,11H2,1-6H3,(H,18,19). The number of carbonyl (C=O) groups is 1. The Hall–Kier alpha value is -1.51. The van der Waals surface area contributed by atoms with Crippen molar-refractivity contribution in [1.29, 1.82) is 0 Å². The normalized spacial score (nSPS) is 14.5. The van der Waals surface area contributed by atoms with E-state index >= 15 is 0 Å². The molecule has 0 saturated carbocycles. The van der Waals surface area contributed by atoms with Gasteiger partial charge < -0.3 is 10.1 Å². The second-order valence-electron chi connectivity index (χ2n) is 6.56. The smallest absolute Gasteiger partial charge is 0.407 e. The molecule has 0 aliphatic rings. The minimum Gasteiger partial charge on any atom is -0.444 e. The van der Waals surface area contributed by atoms with Crippen molar-refractivity contribution in [2.24, 2.45) is 5.92 Å². The first-order chi connectivity index (χ1) is 9.19. The number of benzene rings is 1. The van der Waals surface area contributed by atoms with E-state index in [9.17, 15) is 4.79 Å². The summed E-state index contributed by atoms with van der Waals surface area (Å²) in [5.74, 6) is 0.745. The molecular weight excluding hydrogens is 250 g/mol. The van der Waals surface area contributed by atoms with Crippen LogP contribution in [-0.4, -0.2) is 18.2 Å². The summed E-state index contributed by atoms with van der Waals surface area (Å²) in [7, 11) is 0. The van der Waals surface area contributed by atoms with Crippen LogP contribution in [-0.2, 0) is 4.74 Å². The monoisotopic (exact) mass is 277 g/mol. The van der Waals surface area contributed by atoms with Crippen molar-refractivity contribution in [3.05, 3.63) is 35.4 Å². The van der Waals surface area contributed by atoms with Crippen molar-refractivity contribution in [1.82, 2.24) is 5.32 Å². The van der Waals surface area contributed by atoms with Gasteiger partial charge in [0.05, 0.1) is 0 Å². The Morgan fingerprint density at radius 3 is 2.50 bits per heavy atom. The summed E-state index contributed by atoms with van der Waals surface area (Å²) in [5.41, 5.74) is 2.13. The van der Waals surface area contributed by atoms with E-state index in [0.717, 1.165) is 0 Å². The molecule has 0 heterocycles. The third kappa shape index (κ3) is 5.64. The quantitative estimate of drug-likeness (QED) is 0.893. The average molecular weight is 277 g/mol. The summed E-state index contributed by atoms with van der Waals surface area (Å²) in [6, 6.07) is 8.52. The van der Waals surface area contributed by atoms with Crippen molar-refractivity contribution in [2.45, 2.75) is 53.1 Å². The molecule has 112 valence electrons. The molecule has 20 heavy (non-hydrogen) atoms. The topological polar surface area (TPSA) is 38.3 Å². The van der Waals surface area contributed by atoms with Crippen LogP contribution in [0.3, 0.4) is 0 Å². The van der Waals surface area contributed by atoms with E-state index in [0.29, 0.717) is 18.4 Å². The maximum Gasteiger partial charge on any atom is 0.407 e. The van der Waals surface area contributed by atoms with Gasteiger partial charge in [-0.05, 0) is 45.1 Å². The molecule has 0 fully saturated rings. The lowest BCUT2D eigenvalue weighted by atomic mass is 9.88. The van der Waals surface area contributed by atoms with Crippen molar-refractivity contribution in [2.75, 3.05) is 6.54 Å². The number of hydrogen-bond acceptors (Lipinski definition) is 2. The molecule has 0 spiro atoms. The Morgan fingerprint density at radius 2 is 1.95 bits per heavy atom. The van der Waals surface area contributed by atoms with E-state index in [1.54, 1.807) is 0 Å². The highest BCUT2D eigenvalue weighted by Gasteiger charge is 2.19. The van der Waals surface area contributed by atoms with Gasteiger partial charge in [0, 0.05) is 6.54 Å². The predicted molar refractivity (Wildman–Crippen MR) is 83.0 cm³/mol. The highest BCUT2D eigenvalue weighted by molar-refractivity contribution is 5.67. The SMILES string of the molecule is Cc1cccc(C(C)C(C)CNC(=O)OC(C)(C)C)c1. The lowest BCUT2D eigenvalue weighted by molar-refractivity contribution is 0.0518. The second kappa shape index (κ2) is 6.78. The summed E-state index contributed by atoms with van der Waals surface area (Å²) in [6.07, 6.45) is -0.346. The molecule has 1 aromatic carbocycles. The number of rotatable bonds is 4. The Morgan fingerprint density at radius 1 is 1.30 bits per heavy atom. The van der Waals surface area contributed by atoms with E-state index in [1.165, 1.54) is 11.1 Å². The van der Waals surface area contributed by atoms with E-state index in [1.807, 2.05) is 20.8 Å². The van der Waals surface area contributed by atoms with Gasteiger partial charge in [0.25, 0.3) is 0 Å². The Labute approximate surface area is 122 Å². The van der Waals surface area contributed by atoms with Crippen LogP contribution in [0.4, 0.5) is 4.79 Å². The maximum absolute atomic E-state index is 11.6. The molecule has 2 unspecified atom stereocenters. The number of amides is 1. The van der Waals surface area contributed by atoms with E-state index < -0.39 is 5.60 Å². The van der Waals surface area contributed by atoms with Gasteiger partial charge in [-0.15, -0.1) is 0 Å². The first-order valence-corrected chi connectivity index (χ1v) is 7.22. The number of aryl methyl sites for hydroxylation is 1. The Balaban J connectivity index is 2.50. The third-order valence-corrected chi connectivity index (χ3v) is 3.39. The van der Waals surface area contributed by atoms with Gasteiger partial charge in [0.2, 0.25) is 0 Å². The van der Waals surface area contributed by atoms with Crippen LogP contribution in [0.15, 0.2) is 24.3 Å². The molecule has 0 aliphatic carbocycles. The van der Waals surface area contributed by atoms with Crippen LogP contribution in [0.25, 0.3) is 0 Å². The summed E-state index contributed by atoms with van der Waals surface area (Å²) in [6.45, 7) is 12.6. The molecule has 0 aromatic heterocycles. The van der Waals surface area contributed by atoms with Crippen molar-refractivity contribution >= 4 is 6.09 Å². The molecule has 2 atom stereocenters. The first-order valence-electron chi connectivity index (χ1n) is 7.22. The first kappa shape index (κ1) is 16.5. The van der Waals surface area contributed by atoms with Crippen molar-refractivity contribution in [3.8, 4) is 0 Å². The van der Waals surface area contributed by atoms with Gasteiger partial charge in [-0.25, -0.2) is 4.79 Å². The largest absolute Gasteiger partial charge is 0.444 e. The summed E-state index contributed by atoms with van der Waals surface area (Å²) < 4.78 is 5.24. The molecular formula is C17H27NO2. The molecule has 1 amide bonds. The molecule has 0 radical (unpaired) electrons. The van der Waals surface area contributed by atoms with Gasteiger partial charge in [0.15, 0.2) is 0 Å². The van der Waals surface area contributed by atoms with Gasteiger partial charge >= 0.3 is 6.09 Å². The molecule has 1 N–H and O–H groups in total. The molecule has 0 saturated heterocycles. The summed E-state index contributed by atoms with van der Waals surface area (Å²) in [5, 5.41) is 2.84. The lowest BCUT2D eigenvalue weighted by Gasteiger charge is -2.23. The maximum atomic E-state index is 11.6. The molecule has 0 bridgehead atoms. The molecule has 1 rings (SSSR count). The minimum atomic E-state index is -0.449. The Kier molecular flexibility index (Phi) is 5.61. The Bertz CT molecular complexity index is 449. The van der Waals surface area contributed by atoms with E-state index in [2.05, 4.69) is 50.4 Å². The lowest BCUT2D eigenvalue weighted by Crippen LogP contribution is -2.35. The zero-order valence-corrected chi connectivity index (χ0v) is 13.5. The average Bonchev–Trinajstić information content (AvgIpc) is 2.33. The molecule has 3 nitrogen and oxygen atoms in total. The summed E-state index contributed by atoms with van der Waals surface area (Å²) >= 11 is 0. The number of carbonyl (C=O) groups excluding carboxylic acids is 1. The number of alkyl carbamates (subject to hydrolysis) is 1. The van der Waals surface area contributed by atoms with E-state index in [-0.39, 0.29) is 6.09 Å². The zero-order chi connectivity index (χ0) is 15.3. The van der Waals surface area contributed by atoms with Crippen molar-refractivity contribution in [3.63, 3.8) is 0 Å². The number of ether oxygens (including phenoxy) is 1. The van der Waals surface area contributed by atoms with Gasteiger partial charge in [-0.1, -0.05) is 43.7 Å². The van der Waals surface area contributed by atoms with Crippen LogP contribution in [0, 0.1) is 12.8 Å². The minimum absolute atomic E-state index is 0.346. The van der Waals surface area contributed by atoms with Crippen LogP contribution in [0.2, 0.25) is 0 Å². The van der Waals surface area contributed by atoms with Gasteiger partial charge in [-0.3, -0.25) is 0 Å². The van der Waals surface area contributed by atoms with Crippen LogP contribution < -0.4 is 5.32 Å². The van der Waals surface area contributed by atoms with Gasteiger partial charge in [-0.2, -0.15) is 0 Å². The highest BCUT2D eigenvalue weighted by Crippen LogP contribution is 2.24. The van der Waals surface area contributed by atoms with Crippen LogP contribution in [0.1, 0.15) is 51.7 Å². The summed E-state index contributed by atoms with van der Waals surface area (Å²) in [4.78, 5) is 11.6.